The third-order valence-electron chi connectivity index (χ3n) is 4.40. The molecule has 2 aliphatic carbocycles. The Morgan fingerprint density at radius 2 is 1.95 bits per heavy atom. The molecule has 0 saturated heterocycles. The Morgan fingerprint density at radius 1 is 1.19 bits per heavy atom. The van der Waals surface area contributed by atoms with E-state index in [1.165, 1.54) is 0 Å². The van der Waals surface area contributed by atoms with Crippen molar-refractivity contribution < 1.29 is 13.2 Å². The average molecular weight is 306 g/mol. The van der Waals surface area contributed by atoms with Gasteiger partial charge in [-0.3, -0.25) is 9.52 Å². The highest BCUT2D eigenvalue weighted by molar-refractivity contribution is 7.93. The predicted molar refractivity (Wildman–Crippen MR) is 80.8 cm³/mol. The molecule has 1 aromatic carbocycles. The van der Waals surface area contributed by atoms with Crippen LogP contribution in [0.4, 0.5) is 11.4 Å². The lowest BCUT2D eigenvalue weighted by molar-refractivity contribution is -0.119. The number of amides is 1. The lowest BCUT2D eigenvalue weighted by Gasteiger charge is -2.18. The van der Waals surface area contributed by atoms with Crippen molar-refractivity contribution in [3.05, 3.63) is 23.8 Å². The van der Waals surface area contributed by atoms with Gasteiger partial charge in [0.25, 0.3) is 0 Å². The van der Waals surface area contributed by atoms with Crippen LogP contribution in [-0.4, -0.2) is 26.1 Å². The van der Waals surface area contributed by atoms with Gasteiger partial charge in [0, 0.05) is 18.2 Å². The Balaban J connectivity index is 1.60. The van der Waals surface area contributed by atoms with Crippen LogP contribution < -0.4 is 9.62 Å². The number of rotatable bonds is 4. The molecule has 1 aromatic rings. The highest BCUT2D eigenvalue weighted by atomic mass is 32.2. The molecule has 1 amide bonds. The second kappa shape index (κ2) is 4.47. The Kier molecular flexibility index (Phi) is 2.79. The van der Waals surface area contributed by atoms with Crippen LogP contribution >= 0.6 is 0 Å². The van der Waals surface area contributed by atoms with Gasteiger partial charge in [-0.05, 0) is 49.8 Å². The van der Waals surface area contributed by atoms with E-state index < -0.39 is 10.0 Å². The molecule has 1 aliphatic heterocycles. The van der Waals surface area contributed by atoms with Crippen molar-refractivity contribution in [3.8, 4) is 0 Å². The third-order valence-corrected chi connectivity index (χ3v) is 6.27. The summed E-state index contributed by atoms with van der Waals surface area (Å²) in [6.07, 6.45) is 4.31. The molecule has 0 atom stereocenters. The second-order valence-electron chi connectivity index (χ2n) is 6.20. The molecular weight excluding hydrogens is 288 g/mol. The van der Waals surface area contributed by atoms with Crippen LogP contribution in [0, 0.1) is 5.92 Å². The quantitative estimate of drug-likeness (QED) is 0.924. The lowest BCUT2D eigenvalue weighted by atomic mass is 10.1. The van der Waals surface area contributed by atoms with Crippen molar-refractivity contribution in [2.24, 2.45) is 5.92 Å². The van der Waals surface area contributed by atoms with Gasteiger partial charge in [-0.15, -0.1) is 0 Å². The van der Waals surface area contributed by atoms with Crippen LogP contribution in [0.2, 0.25) is 0 Å². The minimum Gasteiger partial charge on any atom is -0.312 e. The molecule has 3 aliphatic rings. The number of benzene rings is 1. The van der Waals surface area contributed by atoms with Crippen molar-refractivity contribution in [1.82, 2.24) is 0 Å². The first-order valence-electron chi connectivity index (χ1n) is 7.50. The van der Waals surface area contributed by atoms with E-state index in [0.29, 0.717) is 12.2 Å². The first-order valence-corrected chi connectivity index (χ1v) is 9.05. The zero-order chi connectivity index (χ0) is 14.6. The van der Waals surface area contributed by atoms with E-state index in [4.69, 9.17) is 0 Å². The van der Waals surface area contributed by atoms with Gasteiger partial charge in [-0.2, -0.15) is 0 Å². The molecule has 2 fully saturated rings. The van der Waals surface area contributed by atoms with Crippen molar-refractivity contribution in [1.29, 1.82) is 0 Å². The minimum absolute atomic E-state index is 0.183. The van der Waals surface area contributed by atoms with Crippen LogP contribution in [0.1, 0.15) is 31.2 Å². The number of fused-ring (bicyclic) bond motifs is 1. The molecule has 0 radical (unpaired) electrons. The third kappa shape index (κ3) is 2.41. The summed E-state index contributed by atoms with van der Waals surface area (Å²) in [7, 11) is -3.25. The molecular formula is C15H18N2O3S. The zero-order valence-electron chi connectivity index (χ0n) is 11.7. The van der Waals surface area contributed by atoms with Gasteiger partial charge in [0.1, 0.15) is 0 Å². The fraction of sp³-hybridized carbons (Fsp3) is 0.533. The largest absolute Gasteiger partial charge is 0.312 e. The normalized spacial score (nSPS) is 21.2. The standard InChI is InChI=1S/C15H18N2O3S/c18-15(11-1-2-11)17-8-7-10-3-4-12(9-14(10)17)16-21(19,20)13-5-6-13/h3-4,9,11,13,16H,1-2,5-8H2. The van der Waals surface area contributed by atoms with Crippen LogP contribution in [0.15, 0.2) is 18.2 Å². The van der Waals surface area contributed by atoms with Crippen LogP contribution in [0.25, 0.3) is 0 Å². The van der Waals surface area contributed by atoms with E-state index in [-0.39, 0.29) is 17.1 Å². The maximum absolute atomic E-state index is 12.3. The molecule has 5 nitrogen and oxygen atoms in total. The van der Waals surface area contributed by atoms with Gasteiger partial charge in [0.2, 0.25) is 15.9 Å². The van der Waals surface area contributed by atoms with Gasteiger partial charge in [-0.1, -0.05) is 6.07 Å². The number of carbonyl (C=O) groups excluding carboxylic acids is 1. The second-order valence-corrected chi connectivity index (χ2v) is 8.16. The molecule has 4 rings (SSSR count). The summed E-state index contributed by atoms with van der Waals surface area (Å²) < 4.78 is 26.7. The number of nitrogens with zero attached hydrogens (tertiary/aromatic N) is 1. The molecule has 1 N–H and O–H groups in total. The van der Waals surface area contributed by atoms with Crippen molar-refractivity contribution >= 4 is 27.3 Å². The summed E-state index contributed by atoms with van der Waals surface area (Å²) in [6, 6.07) is 5.53. The van der Waals surface area contributed by atoms with Crippen LogP contribution in [-0.2, 0) is 21.2 Å². The summed E-state index contributed by atoms with van der Waals surface area (Å²) in [5.74, 6) is 0.374. The highest BCUT2D eigenvalue weighted by Crippen LogP contribution is 2.38. The maximum Gasteiger partial charge on any atom is 0.235 e. The van der Waals surface area contributed by atoms with Crippen molar-refractivity contribution in [2.45, 2.75) is 37.4 Å². The van der Waals surface area contributed by atoms with Crippen LogP contribution in [0.3, 0.4) is 0 Å². The highest BCUT2D eigenvalue weighted by Gasteiger charge is 2.38. The van der Waals surface area contributed by atoms with Gasteiger partial charge < -0.3 is 4.90 Å². The molecule has 1 heterocycles. The molecule has 2 saturated carbocycles. The van der Waals surface area contributed by atoms with E-state index in [0.717, 1.165) is 43.4 Å². The topological polar surface area (TPSA) is 66.5 Å². The monoisotopic (exact) mass is 306 g/mol. The zero-order valence-corrected chi connectivity index (χ0v) is 12.5. The van der Waals surface area contributed by atoms with Gasteiger partial charge in [-0.25, -0.2) is 8.42 Å². The fourth-order valence-corrected chi connectivity index (χ4v) is 4.23. The summed E-state index contributed by atoms with van der Waals surface area (Å²) in [5, 5.41) is -0.241. The van der Waals surface area contributed by atoms with E-state index in [2.05, 4.69) is 4.72 Å². The van der Waals surface area contributed by atoms with Crippen LogP contribution in [0.5, 0.6) is 0 Å². The molecule has 0 unspecified atom stereocenters. The number of hydrogen-bond donors (Lipinski definition) is 1. The van der Waals surface area contributed by atoms with Gasteiger partial charge >= 0.3 is 0 Å². The Hall–Kier alpha value is -1.56. The molecule has 0 aromatic heterocycles. The number of hydrogen-bond acceptors (Lipinski definition) is 3. The Morgan fingerprint density at radius 3 is 2.62 bits per heavy atom. The number of nitrogens with one attached hydrogen (secondary N) is 1. The number of carbonyl (C=O) groups is 1. The molecule has 21 heavy (non-hydrogen) atoms. The summed E-state index contributed by atoms with van der Waals surface area (Å²) in [6.45, 7) is 0.712. The average Bonchev–Trinajstić information content (AvgIpc) is 3.33. The number of sulfonamides is 1. The first kappa shape index (κ1) is 13.1. The van der Waals surface area contributed by atoms with E-state index >= 15 is 0 Å². The minimum atomic E-state index is -3.25. The molecule has 112 valence electrons. The first-order chi connectivity index (χ1) is 10.0. The fourth-order valence-electron chi connectivity index (χ4n) is 2.85. The van der Waals surface area contributed by atoms with Gasteiger partial charge in [0.05, 0.1) is 10.9 Å². The number of anilines is 2. The Bertz CT molecular complexity index is 706. The van der Waals surface area contributed by atoms with E-state index in [1.807, 2.05) is 17.0 Å². The Labute approximate surface area is 124 Å². The molecule has 0 spiro atoms. The summed E-state index contributed by atoms with van der Waals surface area (Å²) >= 11 is 0. The molecule has 0 bridgehead atoms. The maximum atomic E-state index is 12.3. The lowest BCUT2D eigenvalue weighted by Crippen LogP contribution is -2.30. The summed E-state index contributed by atoms with van der Waals surface area (Å²) in [5.41, 5.74) is 2.57. The SMILES string of the molecule is O=C(C1CC1)N1CCc2ccc(NS(=O)(=O)C3CC3)cc21. The smallest absolute Gasteiger partial charge is 0.235 e. The van der Waals surface area contributed by atoms with Crippen molar-refractivity contribution in [2.75, 3.05) is 16.2 Å². The van der Waals surface area contributed by atoms with E-state index in [9.17, 15) is 13.2 Å². The molecule has 6 heteroatoms. The summed E-state index contributed by atoms with van der Waals surface area (Å²) in [4.78, 5) is 14.1. The van der Waals surface area contributed by atoms with Gasteiger partial charge in [0.15, 0.2) is 0 Å². The predicted octanol–water partition coefficient (Wildman–Crippen LogP) is 1.89. The van der Waals surface area contributed by atoms with Crippen molar-refractivity contribution in [3.63, 3.8) is 0 Å². The van der Waals surface area contributed by atoms with E-state index in [1.54, 1.807) is 6.07 Å².